The number of hydrogen-bond acceptors (Lipinski definition) is 4. The average molecular weight is 321 g/mol. The maximum Gasteiger partial charge on any atom is 0.232 e. The lowest BCUT2D eigenvalue weighted by Gasteiger charge is -2.04. The Bertz CT molecular complexity index is 741. The molecule has 0 saturated carbocycles. The number of rotatable bonds is 4. The quantitative estimate of drug-likeness (QED) is 0.658. The van der Waals surface area contributed by atoms with E-state index in [0.29, 0.717) is 27.6 Å². The molecule has 0 aliphatic heterocycles. The smallest absolute Gasteiger partial charge is 0.232 e. The molecule has 2 heterocycles. The number of pyridine rings is 1. The van der Waals surface area contributed by atoms with E-state index < -0.39 is 0 Å². The van der Waals surface area contributed by atoms with Crippen LogP contribution in [0, 0.1) is 0 Å². The molecule has 0 fully saturated rings. The van der Waals surface area contributed by atoms with E-state index in [1.807, 2.05) is 12.1 Å². The van der Waals surface area contributed by atoms with Gasteiger partial charge in [0.05, 0.1) is 6.20 Å². The lowest BCUT2D eigenvalue weighted by Crippen LogP contribution is -1.96. The van der Waals surface area contributed by atoms with Gasteiger partial charge in [0.2, 0.25) is 5.89 Å². The molecular formula is C15H10Cl2N2O2. The van der Waals surface area contributed by atoms with Crippen LogP contribution in [0.5, 0.6) is 5.75 Å². The molecule has 6 heteroatoms. The van der Waals surface area contributed by atoms with Crippen LogP contribution in [0.4, 0.5) is 0 Å². The average Bonchev–Trinajstić information content (AvgIpc) is 2.96. The van der Waals surface area contributed by atoms with Crippen LogP contribution in [0.2, 0.25) is 10.2 Å². The fourth-order valence-corrected chi connectivity index (χ4v) is 2.04. The van der Waals surface area contributed by atoms with Crippen molar-refractivity contribution in [3.8, 4) is 17.1 Å². The molecule has 0 radical (unpaired) electrons. The molecule has 0 amide bonds. The summed E-state index contributed by atoms with van der Waals surface area (Å²) in [6, 6.07) is 10.8. The van der Waals surface area contributed by atoms with Crippen molar-refractivity contribution in [2.45, 2.75) is 6.61 Å². The van der Waals surface area contributed by atoms with E-state index in [2.05, 4.69) is 9.97 Å². The molecule has 0 unspecified atom stereocenters. The van der Waals surface area contributed by atoms with Crippen LogP contribution in [0.15, 0.2) is 53.2 Å². The van der Waals surface area contributed by atoms with Gasteiger partial charge in [-0.2, -0.15) is 0 Å². The Morgan fingerprint density at radius 1 is 1.05 bits per heavy atom. The predicted octanol–water partition coefficient (Wildman–Crippen LogP) is 4.62. The first-order valence-corrected chi connectivity index (χ1v) is 6.92. The lowest BCUT2D eigenvalue weighted by molar-refractivity contribution is 0.264. The molecule has 0 aliphatic carbocycles. The third kappa shape index (κ3) is 3.35. The minimum absolute atomic E-state index is 0.180. The second-order valence-electron chi connectivity index (χ2n) is 4.21. The number of aromatic nitrogens is 2. The topological polar surface area (TPSA) is 48.2 Å². The van der Waals surface area contributed by atoms with Crippen LogP contribution in [-0.2, 0) is 6.61 Å². The molecule has 0 N–H and O–H groups in total. The summed E-state index contributed by atoms with van der Waals surface area (Å²) in [6.45, 7) is 0.180. The van der Waals surface area contributed by atoms with Gasteiger partial charge in [0, 0.05) is 16.8 Å². The molecule has 21 heavy (non-hydrogen) atoms. The standard InChI is InChI=1S/C15H10Cl2N2O2/c16-11-5-3-10(4-6-11)13-8-19-14(21-13)9-20-12-2-1-7-18-15(12)17/h1-8H,9H2. The van der Waals surface area contributed by atoms with Crippen LogP contribution in [0.25, 0.3) is 11.3 Å². The van der Waals surface area contributed by atoms with Crippen LogP contribution in [0.1, 0.15) is 5.89 Å². The molecule has 0 aliphatic rings. The zero-order valence-electron chi connectivity index (χ0n) is 10.8. The summed E-state index contributed by atoms with van der Waals surface area (Å²) in [6.07, 6.45) is 3.24. The molecule has 1 aromatic carbocycles. The molecule has 4 nitrogen and oxygen atoms in total. The maximum absolute atomic E-state index is 5.91. The van der Waals surface area contributed by atoms with Crippen molar-refractivity contribution in [1.29, 1.82) is 0 Å². The number of oxazole rings is 1. The first-order chi connectivity index (χ1) is 10.2. The summed E-state index contributed by atoms with van der Waals surface area (Å²) in [5.74, 6) is 1.60. The van der Waals surface area contributed by atoms with Crippen molar-refractivity contribution in [2.75, 3.05) is 0 Å². The third-order valence-corrected chi connectivity index (χ3v) is 3.29. The summed E-state index contributed by atoms with van der Waals surface area (Å²) < 4.78 is 11.1. The van der Waals surface area contributed by atoms with Crippen LogP contribution in [-0.4, -0.2) is 9.97 Å². The van der Waals surface area contributed by atoms with Crippen molar-refractivity contribution < 1.29 is 9.15 Å². The molecule has 3 rings (SSSR count). The second-order valence-corrected chi connectivity index (χ2v) is 5.00. The summed E-state index contributed by atoms with van der Waals surface area (Å²) >= 11 is 11.8. The first-order valence-electron chi connectivity index (χ1n) is 6.16. The third-order valence-electron chi connectivity index (χ3n) is 2.76. The van der Waals surface area contributed by atoms with E-state index in [0.717, 1.165) is 5.56 Å². The Morgan fingerprint density at radius 3 is 2.62 bits per heavy atom. The number of benzene rings is 1. The van der Waals surface area contributed by atoms with E-state index in [1.165, 1.54) is 0 Å². The fraction of sp³-hybridized carbons (Fsp3) is 0.0667. The molecule has 0 saturated heterocycles. The Hall–Kier alpha value is -2.04. The Balaban J connectivity index is 1.71. The first kappa shape index (κ1) is 13.9. The van der Waals surface area contributed by atoms with Crippen molar-refractivity contribution in [3.63, 3.8) is 0 Å². The van der Waals surface area contributed by atoms with E-state index in [9.17, 15) is 0 Å². The van der Waals surface area contributed by atoms with Crippen LogP contribution in [0.3, 0.4) is 0 Å². The van der Waals surface area contributed by atoms with Crippen molar-refractivity contribution in [1.82, 2.24) is 9.97 Å². The van der Waals surface area contributed by atoms with E-state index in [-0.39, 0.29) is 6.61 Å². The Labute approximate surface area is 131 Å². The summed E-state index contributed by atoms with van der Waals surface area (Å²) in [7, 11) is 0. The van der Waals surface area contributed by atoms with Gasteiger partial charge in [-0.25, -0.2) is 9.97 Å². The van der Waals surface area contributed by atoms with Crippen molar-refractivity contribution in [2.24, 2.45) is 0 Å². The highest BCUT2D eigenvalue weighted by Gasteiger charge is 2.08. The van der Waals surface area contributed by atoms with Gasteiger partial charge in [0.15, 0.2) is 23.3 Å². The second kappa shape index (κ2) is 6.16. The van der Waals surface area contributed by atoms with E-state index in [4.69, 9.17) is 32.4 Å². The largest absolute Gasteiger partial charge is 0.481 e. The highest BCUT2D eigenvalue weighted by Crippen LogP contribution is 2.24. The van der Waals surface area contributed by atoms with Gasteiger partial charge < -0.3 is 9.15 Å². The molecule has 2 aromatic heterocycles. The molecule has 0 spiro atoms. The lowest BCUT2D eigenvalue weighted by atomic mass is 10.2. The molecule has 0 bridgehead atoms. The summed E-state index contributed by atoms with van der Waals surface area (Å²) in [4.78, 5) is 8.10. The highest BCUT2D eigenvalue weighted by atomic mass is 35.5. The van der Waals surface area contributed by atoms with Gasteiger partial charge in [0.1, 0.15) is 0 Å². The predicted molar refractivity (Wildman–Crippen MR) is 80.5 cm³/mol. The minimum Gasteiger partial charge on any atom is -0.481 e. The molecule has 106 valence electrons. The zero-order valence-corrected chi connectivity index (χ0v) is 12.3. The summed E-state index contributed by atoms with van der Waals surface area (Å²) in [5.41, 5.74) is 0.901. The van der Waals surface area contributed by atoms with Gasteiger partial charge >= 0.3 is 0 Å². The molecule has 3 aromatic rings. The van der Waals surface area contributed by atoms with Gasteiger partial charge in [-0.15, -0.1) is 0 Å². The fourth-order valence-electron chi connectivity index (χ4n) is 1.74. The number of halogens is 2. The normalized spacial score (nSPS) is 10.6. The number of nitrogens with zero attached hydrogens (tertiary/aromatic N) is 2. The SMILES string of the molecule is Clc1ccc(-c2cnc(COc3cccnc3Cl)o2)cc1. The number of ether oxygens (including phenoxy) is 1. The van der Waals surface area contributed by atoms with Crippen LogP contribution >= 0.6 is 23.2 Å². The number of hydrogen-bond donors (Lipinski definition) is 0. The van der Waals surface area contributed by atoms with Gasteiger partial charge in [0.25, 0.3) is 0 Å². The van der Waals surface area contributed by atoms with Crippen LogP contribution < -0.4 is 4.74 Å². The van der Waals surface area contributed by atoms with E-state index in [1.54, 1.807) is 36.7 Å². The highest BCUT2D eigenvalue weighted by molar-refractivity contribution is 6.31. The summed E-state index contributed by atoms with van der Waals surface area (Å²) in [5, 5.41) is 0.982. The zero-order chi connectivity index (χ0) is 14.7. The van der Waals surface area contributed by atoms with E-state index >= 15 is 0 Å². The van der Waals surface area contributed by atoms with Gasteiger partial charge in [-0.1, -0.05) is 23.2 Å². The van der Waals surface area contributed by atoms with Crippen molar-refractivity contribution >= 4 is 23.2 Å². The maximum atomic E-state index is 5.91. The monoisotopic (exact) mass is 320 g/mol. The molecular weight excluding hydrogens is 311 g/mol. The van der Waals surface area contributed by atoms with Gasteiger partial charge in [-0.05, 0) is 36.4 Å². The Kier molecular flexibility index (Phi) is 4.08. The van der Waals surface area contributed by atoms with Gasteiger partial charge in [-0.3, -0.25) is 0 Å². The van der Waals surface area contributed by atoms with Crippen molar-refractivity contribution in [3.05, 3.63) is 64.9 Å². The minimum atomic E-state index is 0.180. The molecule has 0 atom stereocenters. The Morgan fingerprint density at radius 2 is 1.86 bits per heavy atom.